The Hall–Kier alpha value is -2.79. The molecule has 512 valence electrons. The normalized spacial score (nSPS) is 44.8. The summed E-state index contributed by atoms with van der Waals surface area (Å²) in [5.74, 6) is -14.8. The number of nitrogens with two attached hydrogens (primary N) is 1. The first-order chi connectivity index (χ1) is 41.5. The summed E-state index contributed by atoms with van der Waals surface area (Å²) < 4.78 is 71.9. The molecule has 6 fully saturated rings. The molecule has 6 aliphatic rings. The Morgan fingerprint density at radius 1 is 0.545 bits per heavy atom. The van der Waals surface area contributed by atoms with Crippen molar-refractivity contribution in [3.63, 3.8) is 0 Å². The number of carbonyl (C=O) groups excluding carboxylic acids is 1. The lowest BCUT2D eigenvalue weighted by atomic mass is 9.84. The van der Waals surface area contributed by atoms with Crippen molar-refractivity contribution in [1.82, 2.24) is 5.32 Å². The lowest BCUT2D eigenvalue weighted by Crippen LogP contribution is -2.71. The third kappa shape index (κ3) is 16.4. The highest BCUT2D eigenvalue weighted by molar-refractivity contribution is 5.76. The summed E-state index contributed by atoms with van der Waals surface area (Å²) in [4.78, 5) is 40.1. The van der Waals surface area contributed by atoms with Gasteiger partial charge in [-0.05, 0) is 25.8 Å². The second-order valence-corrected chi connectivity index (χ2v) is 23.2. The maximum absolute atomic E-state index is 13.6. The van der Waals surface area contributed by atoms with Crippen LogP contribution in [0.15, 0.2) is 0 Å². The molecule has 32 atom stereocenters. The maximum Gasteiger partial charge on any atom is 0.364 e. The summed E-state index contributed by atoms with van der Waals surface area (Å²) in [7, 11) is 0. The number of rotatable bonds is 29. The van der Waals surface area contributed by atoms with E-state index in [1.54, 1.807) is 0 Å². The van der Waals surface area contributed by atoms with Crippen LogP contribution in [0.4, 0.5) is 0 Å². The van der Waals surface area contributed by atoms with Gasteiger partial charge in [-0.25, -0.2) is 9.59 Å². The number of hydrogen-bond acceptors (Lipinski definition) is 33. The summed E-state index contributed by atoms with van der Waals surface area (Å²) in [6, 6.07) is -1.99. The number of nitrogens with one attached hydrogen (secondary N) is 1. The number of aliphatic carboxylic acids is 2. The van der Waals surface area contributed by atoms with Gasteiger partial charge in [0.2, 0.25) is 5.91 Å². The zero-order chi connectivity index (χ0) is 65.4. The minimum atomic E-state index is -3.22. The highest BCUT2D eigenvalue weighted by atomic mass is 16.8. The van der Waals surface area contributed by atoms with E-state index in [2.05, 4.69) is 5.32 Å². The molecule has 6 heterocycles. The molecule has 1 amide bonds. The molecule has 0 radical (unpaired) electrons. The number of aliphatic hydroxyl groups is 17. The quantitative estimate of drug-likeness (QED) is 0.0309. The van der Waals surface area contributed by atoms with Gasteiger partial charge in [0, 0.05) is 44.1 Å². The highest BCUT2D eigenvalue weighted by Crippen LogP contribution is 2.43. The molecule has 0 spiro atoms. The van der Waals surface area contributed by atoms with Crippen LogP contribution in [0.1, 0.15) is 59.8 Å². The number of amides is 1. The fourth-order valence-electron chi connectivity index (χ4n) is 11.5. The molecule has 0 aromatic rings. The Bertz CT molecular complexity index is 2180. The third-order valence-corrected chi connectivity index (χ3v) is 17.0. The zero-order valence-corrected chi connectivity index (χ0v) is 48.7. The first kappa shape index (κ1) is 74.3. The molecule has 0 aliphatic carbocycles. The van der Waals surface area contributed by atoms with Gasteiger partial charge in [0.05, 0.1) is 70.2 Å². The number of aliphatic hydroxyl groups excluding tert-OH is 17. The lowest BCUT2D eigenvalue weighted by Gasteiger charge is -2.52. The van der Waals surface area contributed by atoms with Crippen molar-refractivity contribution in [1.29, 1.82) is 0 Å². The van der Waals surface area contributed by atoms with Gasteiger partial charge >= 0.3 is 11.9 Å². The largest absolute Gasteiger partial charge is 0.477 e. The van der Waals surface area contributed by atoms with Gasteiger partial charge in [-0.15, -0.1) is 0 Å². The van der Waals surface area contributed by atoms with Gasteiger partial charge < -0.3 is 165 Å². The van der Waals surface area contributed by atoms with Crippen LogP contribution in [-0.2, 0) is 71.2 Å². The monoisotopic (exact) mass is 1290 g/mol. The molecule has 6 rings (SSSR count). The van der Waals surface area contributed by atoms with Gasteiger partial charge in [0.1, 0.15) is 110 Å². The maximum atomic E-state index is 13.6. The van der Waals surface area contributed by atoms with Crippen molar-refractivity contribution in [2.24, 2.45) is 23.5 Å². The number of unbranched alkanes of at least 4 members (excludes halogenated alkanes) is 2. The van der Waals surface area contributed by atoms with Crippen LogP contribution < -0.4 is 11.1 Å². The first-order valence-corrected chi connectivity index (χ1v) is 29.0. The molecular formula is C52H90N2O34. The van der Waals surface area contributed by atoms with Crippen LogP contribution >= 0.6 is 0 Å². The van der Waals surface area contributed by atoms with Crippen molar-refractivity contribution < 1.29 is 168 Å². The SMILES string of the molecule is CC(=O)NC1[C@H](O[C@@H]2[C@H](O)C(OCCCCCN)OC(CO)[C@@H]2O)OC(CO[C@]2(C(=O)O)C[C@@H](O)[C@@H](C)C([C@H](O)[C@H](O)CO)O2)[C@@H](O)[C@@H]1O[C@@H]1OC(CO)[C@H](OC2OC(CO)[C@H](O)[C@H](O)[C@@H]2C)[C@H](O[C@@]2(C(=O)O)CC(O)[C@H](C)C([C@H](O)[C@H](O)CO)O2)C1O. The predicted molar refractivity (Wildman–Crippen MR) is 281 cm³/mol. The Labute approximate surface area is 503 Å². The van der Waals surface area contributed by atoms with Crippen LogP contribution in [0, 0.1) is 17.8 Å². The smallest absolute Gasteiger partial charge is 0.364 e. The molecule has 36 heteroatoms. The molecule has 36 nitrogen and oxygen atoms in total. The van der Waals surface area contributed by atoms with Gasteiger partial charge in [0.15, 0.2) is 25.2 Å². The summed E-state index contributed by atoms with van der Waals surface area (Å²) >= 11 is 0. The molecule has 0 aromatic carbocycles. The van der Waals surface area contributed by atoms with Gasteiger partial charge in [-0.3, -0.25) is 4.79 Å². The predicted octanol–water partition coefficient (Wildman–Crippen LogP) is -10.6. The van der Waals surface area contributed by atoms with Crippen molar-refractivity contribution in [2.75, 3.05) is 52.8 Å². The molecule has 0 saturated carbocycles. The molecule has 6 saturated heterocycles. The zero-order valence-electron chi connectivity index (χ0n) is 48.7. The molecule has 22 N–H and O–H groups in total. The Balaban J connectivity index is 1.46. The van der Waals surface area contributed by atoms with Crippen molar-refractivity contribution in [3.8, 4) is 0 Å². The van der Waals surface area contributed by atoms with E-state index in [1.165, 1.54) is 20.8 Å². The van der Waals surface area contributed by atoms with Crippen LogP contribution in [0.2, 0.25) is 0 Å². The number of carboxylic acid groups (broad SMARTS) is 2. The number of carbonyl (C=O) groups is 3. The van der Waals surface area contributed by atoms with Gasteiger partial charge in [-0.2, -0.15) is 0 Å². The highest BCUT2D eigenvalue weighted by Gasteiger charge is 2.62. The van der Waals surface area contributed by atoms with Crippen molar-refractivity contribution in [3.05, 3.63) is 0 Å². The third-order valence-electron chi connectivity index (χ3n) is 17.0. The van der Waals surface area contributed by atoms with E-state index in [0.29, 0.717) is 25.8 Å². The van der Waals surface area contributed by atoms with Crippen LogP contribution in [0.5, 0.6) is 0 Å². The second kappa shape index (κ2) is 32.4. The standard InChI is InChI=1S/C52H90N2O34/c1-18-22(61)10-51(49(73)74,86-39(18)32(66)24(63)12-55)78-17-29-36(70)42(30(54-21(4)60)46(82-29)85-43-35(69)27(15-58)80-47(37(43)71)77-9-7-5-6-8-53)84-48-38(72)44(41(28(16-59)81-48)83-45-20(3)31(65)34(68)26(14-57)79-45)88-52(50(75)76)11-23(62)19(2)40(87-52)33(67)25(64)13-56/h18-20,22-48,55-59,61-72H,5-17,53H2,1-4H3,(H,54,60)(H,73,74)(H,75,76)/t18-,19+,20+,22-,23?,24-,25-,26?,27?,28?,29?,30?,31-,32-,33-,34+,35+,36-,37+,38?,39?,40?,41+,42-,43+,44-,45?,46+,47?,48+,51-,52-/m1/s1. The van der Waals surface area contributed by atoms with Crippen LogP contribution in [0.3, 0.4) is 0 Å². The molecule has 11 unspecified atom stereocenters. The first-order valence-electron chi connectivity index (χ1n) is 29.0. The van der Waals surface area contributed by atoms with Gasteiger partial charge in [-0.1, -0.05) is 20.8 Å². The van der Waals surface area contributed by atoms with E-state index < -0.39 is 265 Å². The van der Waals surface area contributed by atoms with E-state index in [1.807, 2.05) is 0 Å². The van der Waals surface area contributed by atoms with Crippen LogP contribution in [-0.4, -0.2) is 345 Å². The van der Waals surface area contributed by atoms with Crippen LogP contribution in [0.25, 0.3) is 0 Å². The number of hydrogen-bond donors (Lipinski definition) is 21. The molecule has 88 heavy (non-hydrogen) atoms. The molecular weight excluding hydrogens is 1200 g/mol. The fraction of sp³-hybridized carbons (Fsp3) is 0.942. The van der Waals surface area contributed by atoms with Crippen molar-refractivity contribution in [2.45, 2.75) is 237 Å². The summed E-state index contributed by atoms with van der Waals surface area (Å²) in [6.45, 7) is -1.20. The van der Waals surface area contributed by atoms with E-state index in [0.717, 1.165) is 6.92 Å². The lowest BCUT2D eigenvalue weighted by molar-refractivity contribution is -0.403. The summed E-state index contributed by atoms with van der Waals surface area (Å²) in [6.07, 6.45) is -51.6. The van der Waals surface area contributed by atoms with E-state index >= 15 is 0 Å². The average molecular weight is 1290 g/mol. The van der Waals surface area contributed by atoms with Crippen molar-refractivity contribution >= 4 is 17.8 Å². The topological polar surface area (TPSA) is 584 Å². The molecule has 0 aromatic heterocycles. The Kier molecular flexibility index (Phi) is 27.3. The van der Waals surface area contributed by atoms with E-state index in [-0.39, 0.29) is 6.61 Å². The fourth-order valence-corrected chi connectivity index (χ4v) is 11.5. The Morgan fingerprint density at radius 3 is 1.56 bits per heavy atom. The average Bonchev–Trinajstić information content (AvgIpc) is 1.07. The van der Waals surface area contributed by atoms with Gasteiger partial charge in [0.25, 0.3) is 11.6 Å². The van der Waals surface area contributed by atoms with E-state index in [4.69, 9.17) is 62.6 Å². The Morgan fingerprint density at radius 2 is 1.02 bits per heavy atom. The molecule has 0 bridgehead atoms. The number of ether oxygens (including phenoxy) is 12. The second-order valence-electron chi connectivity index (χ2n) is 23.2. The minimum Gasteiger partial charge on any atom is -0.477 e. The molecule has 6 aliphatic heterocycles. The summed E-state index contributed by atoms with van der Waals surface area (Å²) in [5.41, 5.74) is 5.61. The minimum absolute atomic E-state index is 0.0543. The van der Waals surface area contributed by atoms with E-state index in [9.17, 15) is 111 Å². The summed E-state index contributed by atoms with van der Waals surface area (Å²) in [5, 5.41) is 211. The number of carboxylic acids is 2.